The van der Waals surface area contributed by atoms with E-state index >= 15 is 0 Å². The summed E-state index contributed by atoms with van der Waals surface area (Å²) in [6, 6.07) is 0. The van der Waals surface area contributed by atoms with Crippen LogP contribution in [0.4, 0.5) is 5.13 Å². The van der Waals surface area contributed by atoms with Gasteiger partial charge < -0.3 is 19.8 Å². The van der Waals surface area contributed by atoms with Gasteiger partial charge in [0.2, 0.25) is 5.13 Å². The number of aliphatic hydroxyl groups is 2. The van der Waals surface area contributed by atoms with Gasteiger partial charge in [0.15, 0.2) is 0 Å². The molecule has 0 aromatic carbocycles. The first-order valence-corrected chi connectivity index (χ1v) is 7.93. The van der Waals surface area contributed by atoms with E-state index in [0.29, 0.717) is 13.0 Å². The van der Waals surface area contributed by atoms with Crippen molar-refractivity contribution < 1.29 is 14.9 Å². The number of ether oxygens (including phenoxy) is 1. The standard InChI is InChI=1S/C13H21N3O3S/c1-9-14-15-12(20-9)16-4-2-13(3-5-16)10(18)8-11(13)19-7-6-17/h10-11,17-18H,2-8H2,1H3/t10-,11+/m0/s1. The predicted molar refractivity (Wildman–Crippen MR) is 76.0 cm³/mol. The molecule has 0 unspecified atom stereocenters. The first-order valence-electron chi connectivity index (χ1n) is 7.11. The highest BCUT2D eigenvalue weighted by Gasteiger charge is 2.56. The maximum absolute atomic E-state index is 10.2. The van der Waals surface area contributed by atoms with Gasteiger partial charge in [0, 0.05) is 24.9 Å². The molecule has 7 heteroatoms. The highest BCUT2D eigenvalue weighted by atomic mass is 32.1. The smallest absolute Gasteiger partial charge is 0.208 e. The van der Waals surface area contributed by atoms with Gasteiger partial charge in [0.1, 0.15) is 5.01 Å². The average Bonchev–Trinajstić information content (AvgIpc) is 2.90. The largest absolute Gasteiger partial charge is 0.394 e. The van der Waals surface area contributed by atoms with Crippen molar-refractivity contribution >= 4 is 16.5 Å². The van der Waals surface area contributed by atoms with Gasteiger partial charge in [-0.1, -0.05) is 11.3 Å². The second-order valence-electron chi connectivity index (χ2n) is 5.66. The minimum atomic E-state index is -0.274. The number of piperidine rings is 1. The number of hydrogen-bond donors (Lipinski definition) is 2. The Morgan fingerprint density at radius 3 is 2.70 bits per heavy atom. The molecule has 1 aromatic rings. The predicted octanol–water partition coefficient (Wildman–Crippen LogP) is 0.575. The van der Waals surface area contributed by atoms with Crippen molar-refractivity contribution in [3.8, 4) is 0 Å². The van der Waals surface area contributed by atoms with Crippen molar-refractivity contribution in [1.82, 2.24) is 10.2 Å². The molecule has 0 radical (unpaired) electrons. The zero-order valence-corrected chi connectivity index (χ0v) is 12.5. The van der Waals surface area contributed by atoms with E-state index in [1.807, 2.05) is 6.92 Å². The van der Waals surface area contributed by atoms with Gasteiger partial charge in [-0.3, -0.25) is 0 Å². The summed E-state index contributed by atoms with van der Waals surface area (Å²) in [6.07, 6.45) is 2.32. The van der Waals surface area contributed by atoms with Crippen molar-refractivity contribution in [2.24, 2.45) is 5.41 Å². The van der Waals surface area contributed by atoms with Gasteiger partial charge in [-0.25, -0.2) is 0 Å². The van der Waals surface area contributed by atoms with Gasteiger partial charge in [-0.2, -0.15) is 0 Å². The SMILES string of the molecule is Cc1nnc(N2CCC3(CC2)[C@@H](O)C[C@H]3OCCO)s1. The van der Waals surface area contributed by atoms with Crippen LogP contribution in [0.1, 0.15) is 24.3 Å². The van der Waals surface area contributed by atoms with Gasteiger partial charge in [0.05, 0.1) is 25.4 Å². The Hall–Kier alpha value is -0.760. The normalized spacial score (nSPS) is 28.6. The number of aryl methyl sites for hydroxylation is 1. The second-order valence-corrected chi connectivity index (χ2v) is 6.82. The Morgan fingerprint density at radius 2 is 2.15 bits per heavy atom. The molecule has 3 rings (SSSR count). The molecule has 1 aliphatic heterocycles. The van der Waals surface area contributed by atoms with Crippen LogP contribution in [0.15, 0.2) is 0 Å². The molecule has 0 bridgehead atoms. The molecule has 1 aliphatic carbocycles. The van der Waals surface area contributed by atoms with Crippen LogP contribution in [0.5, 0.6) is 0 Å². The van der Waals surface area contributed by atoms with Crippen molar-refractivity contribution in [3.05, 3.63) is 5.01 Å². The van der Waals surface area contributed by atoms with Gasteiger partial charge in [-0.05, 0) is 19.8 Å². The van der Waals surface area contributed by atoms with Crippen molar-refractivity contribution in [2.45, 2.75) is 38.4 Å². The summed E-state index contributed by atoms with van der Waals surface area (Å²) in [4.78, 5) is 2.24. The van der Waals surface area contributed by atoms with Gasteiger partial charge in [0.25, 0.3) is 0 Å². The van der Waals surface area contributed by atoms with Crippen molar-refractivity contribution in [1.29, 1.82) is 0 Å². The van der Waals surface area contributed by atoms with Crippen LogP contribution in [-0.4, -0.2) is 58.9 Å². The molecule has 0 amide bonds. The number of rotatable bonds is 4. The average molecular weight is 299 g/mol. The summed E-state index contributed by atoms with van der Waals surface area (Å²) in [5.41, 5.74) is -0.120. The molecule has 112 valence electrons. The molecule has 2 N–H and O–H groups in total. The fourth-order valence-electron chi connectivity index (χ4n) is 3.34. The van der Waals surface area contributed by atoms with Gasteiger partial charge in [-0.15, -0.1) is 10.2 Å². The van der Waals surface area contributed by atoms with E-state index in [2.05, 4.69) is 15.1 Å². The Kier molecular flexibility index (Phi) is 3.94. The molecular formula is C13H21N3O3S. The van der Waals surface area contributed by atoms with E-state index in [1.165, 1.54) is 0 Å². The highest BCUT2D eigenvalue weighted by molar-refractivity contribution is 7.15. The minimum absolute atomic E-state index is 0.0405. The van der Waals surface area contributed by atoms with E-state index < -0.39 is 0 Å². The molecule has 1 aromatic heterocycles. The molecule has 1 saturated carbocycles. The molecule has 6 nitrogen and oxygen atoms in total. The lowest BCUT2D eigenvalue weighted by Gasteiger charge is -2.56. The molecule has 2 atom stereocenters. The van der Waals surface area contributed by atoms with Crippen LogP contribution in [0.2, 0.25) is 0 Å². The summed E-state index contributed by atoms with van der Waals surface area (Å²) >= 11 is 1.61. The van der Waals surface area contributed by atoms with Gasteiger partial charge >= 0.3 is 0 Å². The first-order chi connectivity index (χ1) is 9.65. The lowest BCUT2D eigenvalue weighted by molar-refractivity contribution is -0.203. The van der Waals surface area contributed by atoms with Crippen LogP contribution in [0.25, 0.3) is 0 Å². The van der Waals surface area contributed by atoms with E-state index in [9.17, 15) is 5.11 Å². The third-order valence-corrected chi connectivity index (χ3v) is 5.53. The van der Waals surface area contributed by atoms with Crippen LogP contribution in [0, 0.1) is 12.3 Å². The number of aliphatic hydroxyl groups excluding tert-OH is 2. The van der Waals surface area contributed by atoms with E-state index in [-0.39, 0.29) is 24.2 Å². The van der Waals surface area contributed by atoms with Crippen LogP contribution < -0.4 is 4.90 Å². The lowest BCUT2D eigenvalue weighted by atomic mass is 9.58. The fourth-order valence-corrected chi connectivity index (χ4v) is 4.08. The van der Waals surface area contributed by atoms with E-state index in [1.54, 1.807) is 11.3 Å². The zero-order chi connectivity index (χ0) is 14.2. The maximum Gasteiger partial charge on any atom is 0.208 e. The number of nitrogens with zero attached hydrogens (tertiary/aromatic N) is 3. The van der Waals surface area contributed by atoms with Crippen LogP contribution in [-0.2, 0) is 4.74 Å². The number of aromatic nitrogens is 2. The number of hydrogen-bond acceptors (Lipinski definition) is 7. The maximum atomic E-state index is 10.2. The number of anilines is 1. The molecule has 2 aliphatic rings. The molecular weight excluding hydrogens is 278 g/mol. The zero-order valence-electron chi connectivity index (χ0n) is 11.7. The minimum Gasteiger partial charge on any atom is -0.394 e. The van der Waals surface area contributed by atoms with Crippen molar-refractivity contribution in [2.75, 3.05) is 31.2 Å². The Morgan fingerprint density at radius 1 is 1.40 bits per heavy atom. The molecule has 20 heavy (non-hydrogen) atoms. The second kappa shape index (κ2) is 5.55. The summed E-state index contributed by atoms with van der Waals surface area (Å²) in [6.45, 7) is 4.12. The third kappa shape index (κ3) is 2.32. The van der Waals surface area contributed by atoms with E-state index in [4.69, 9.17) is 9.84 Å². The van der Waals surface area contributed by atoms with Crippen molar-refractivity contribution in [3.63, 3.8) is 0 Å². The summed E-state index contributed by atoms with van der Waals surface area (Å²) < 4.78 is 5.68. The fraction of sp³-hybridized carbons (Fsp3) is 0.846. The highest BCUT2D eigenvalue weighted by Crippen LogP contribution is 2.51. The quantitative estimate of drug-likeness (QED) is 0.846. The Balaban J connectivity index is 1.62. The summed E-state index contributed by atoms with van der Waals surface area (Å²) in [5, 5.41) is 29.2. The summed E-state index contributed by atoms with van der Waals surface area (Å²) in [5.74, 6) is 0. The Labute approximate surface area is 122 Å². The summed E-state index contributed by atoms with van der Waals surface area (Å²) in [7, 11) is 0. The first kappa shape index (κ1) is 14.2. The lowest BCUT2D eigenvalue weighted by Crippen LogP contribution is -2.62. The molecule has 1 saturated heterocycles. The monoisotopic (exact) mass is 299 g/mol. The van der Waals surface area contributed by atoms with E-state index in [0.717, 1.165) is 36.1 Å². The molecule has 2 heterocycles. The van der Waals surface area contributed by atoms with Crippen LogP contribution in [0.3, 0.4) is 0 Å². The molecule has 1 spiro atoms. The van der Waals surface area contributed by atoms with Crippen LogP contribution >= 0.6 is 11.3 Å². The third-order valence-electron chi connectivity index (χ3n) is 4.63. The topological polar surface area (TPSA) is 78.7 Å². The molecule has 2 fully saturated rings. The Bertz CT molecular complexity index is 459.